The lowest BCUT2D eigenvalue weighted by molar-refractivity contribution is -0.488. The summed E-state index contributed by atoms with van der Waals surface area (Å²) in [7, 11) is 1.85. The Balaban J connectivity index is 2.55. The van der Waals surface area contributed by atoms with Crippen LogP contribution in [0.3, 0.4) is 0 Å². The first-order valence-corrected chi connectivity index (χ1v) is 6.06. The zero-order valence-corrected chi connectivity index (χ0v) is 11.2. The van der Waals surface area contributed by atoms with E-state index in [-0.39, 0.29) is 17.6 Å². The van der Waals surface area contributed by atoms with E-state index in [1.165, 1.54) is 0 Å². The maximum atomic E-state index is 10.6. The van der Waals surface area contributed by atoms with Crippen molar-refractivity contribution >= 4 is 11.6 Å². The molecule has 0 fully saturated rings. The smallest absolute Gasteiger partial charge is 0.232 e. The van der Waals surface area contributed by atoms with Crippen LogP contribution >= 0.6 is 11.6 Å². The van der Waals surface area contributed by atoms with Gasteiger partial charge in [0.1, 0.15) is 11.3 Å². The van der Waals surface area contributed by atoms with Gasteiger partial charge in [0.25, 0.3) is 0 Å². The van der Waals surface area contributed by atoms with Crippen molar-refractivity contribution in [1.82, 2.24) is 15.2 Å². The van der Waals surface area contributed by atoms with Gasteiger partial charge in [-0.15, -0.1) is 0 Å². The Labute approximate surface area is 111 Å². The molecule has 1 aromatic heterocycles. The molecule has 1 atom stereocenters. The van der Waals surface area contributed by atoms with Crippen molar-refractivity contribution in [2.45, 2.75) is 19.6 Å². The molecule has 6 nitrogen and oxygen atoms in total. The summed E-state index contributed by atoms with van der Waals surface area (Å²) < 4.78 is 0. The van der Waals surface area contributed by atoms with Crippen molar-refractivity contribution in [3.05, 3.63) is 39.2 Å². The zero-order valence-electron chi connectivity index (χ0n) is 10.5. The molecule has 0 radical (unpaired) electrons. The standard InChI is InChI=1S/C11H17ClN4O2/c1-3-15(2)11(8-16(17)18)14-7-9-4-5-10(12)13-6-9/h4-6,11,14H,3,7-8H2,1-2H3. The monoisotopic (exact) mass is 272 g/mol. The van der Waals surface area contributed by atoms with E-state index >= 15 is 0 Å². The van der Waals surface area contributed by atoms with E-state index in [0.717, 1.165) is 12.1 Å². The van der Waals surface area contributed by atoms with Gasteiger partial charge in [-0.3, -0.25) is 20.3 Å². The number of pyridine rings is 1. The lowest BCUT2D eigenvalue weighted by Gasteiger charge is -2.24. The van der Waals surface area contributed by atoms with Gasteiger partial charge in [-0.2, -0.15) is 0 Å². The third-order valence-corrected chi connectivity index (χ3v) is 2.91. The second-order valence-electron chi connectivity index (χ2n) is 3.97. The lowest BCUT2D eigenvalue weighted by atomic mass is 10.3. The number of halogens is 1. The maximum absolute atomic E-state index is 10.6. The van der Waals surface area contributed by atoms with Crippen LogP contribution in [0, 0.1) is 10.1 Å². The molecule has 1 rings (SSSR count). The van der Waals surface area contributed by atoms with Gasteiger partial charge in [0.2, 0.25) is 6.54 Å². The van der Waals surface area contributed by atoms with Crippen LogP contribution in [0.5, 0.6) is 0 Å². The fourth-order valence-electron chi connectivity index (χ4n) is 1.47. The average Bonchev–Trinajstić information content (AvgIpc) is 2.35. The highest BCUT2D eigenvalue weighted by Gasteiger charge is 2.18. The van der Waals surface area contributed by atoms with E-state index in [0.29, 0.717) is 11.7 Å². The Bertz CT molecular complexity index is 385. The van der Waals surface area contributed by atoms with Crippen molar-refractivity contribution in [2.24, 2.45) is 0 Å². The highest BCUT2D eigenvalue weighted by Crippen LogP contribution is 2.05. The number of aromatic nitrogens is 1. The first-order valence-electron chi connectivity index (χ1n) is 5.68. The first kappa shape index (κ1) is 14.8. The second kappa shape index (κ2) is 7.25. The van der Waals surface area contributed by atoms with Crippen LogP contribution < -0.4 is 5.32 Å². The fourth-order valence-corrected chi connectivity index (χ4v) is 1.58. The Hall–Kier alpha value is -1.24. The van der Waals surface area contributed by atoms with Crippen molar-refractivity contribution < 1.29 is 4.92 Å². The van der Waals surface area contributed by atoms with E-state index in [1.54, 1.807) is 12.3 Å². The molecule has 0 saturated carbocycles. The van der Waals surface area contributed by atoms with Crippen molar-refractivity contribution in [1.29, 1.82) is 0 Å². The minimum Gasteiger partial charge on any atom is -0.292 e. The number of nitrogens with zero attached hydrogens (tertiary/aromatic N) is 3. The van der Waals surface area contributed by atoms with Gasteiger partial charge >= 0.3 is 0 Å². The molecule has 0 bridgehead atoms. The number of hydrogen-bond acceptors (Lipinski definition) is 5. The molecule has 100 valence electrons. The Morgan fingerprint density at radius 2 is 2.33 bits per heavy atom. The molecule has 0 spiro atoms. The van der Waals surface area contributed by atoms with Crippen molar-refractivity contribution in [2.75, 3.05) is 20.1 Å². The third kappa shape index (κ3) is 4.95. The summed E-state index contributed by atoms with van der Waals surface area (Å²) in [6.07, 6.45) is 1.37. The van der Waals surface area contributed by atoms with Crippen LogP contribution in [0.25, 0.3) is 0 Å². The number of rotatable bonds is 7. The van der Waals surface area contributed by atoms with Gasteiger partial charge in [0.05, 0.1) is 0 Å². The van der Waals surface area contributed by atoms with Crippen LogP contribution in [-0.2, 0) is 6.54 Å². The number of nitro groups is 1. The highest BCUT2D eigenvalue weighted by molar-refractivity contribution is 6.29. The minimum atomic E-state index is -0.316. The van der Waals surface area contributed by atoms with Gasteiger partial charge in [-0.1, -0.05) is 24.6 Å². The van der Waals surface area contributed by atoms with Gasteiger partial charge < -0.3 is 0 Å². The molecule has 0 aliphatic rings. The van der Waals surface area contributed by atoms with Crippen LogP contribution in [0.4, 0.5) is 0 Å². The molecule has 18 heavy (non-hydrogen) atoms. The van der Waals surface area contributed by atoms with Crippen molar-refractivity contribution in [3.63, 3.8) is 0 Å². The molecule has 1 heterocycles. The summed E-state index contributed by atoms with van der Waals surface area (Å²) in [4.78, 5) is 16.1. The molecule has 1 unspecified atom stereocenters. The van der Waals surface area contributed by atoms with Crippen LogP contribution in [-0.4, -0.2) is 41.1 Å². The van der Waals surface area contributed by atoms with Gasteiger partial charge in [0, 0.05) is 17.7 Å². The average molecular weight is 273 g/mol. The zero-order chi connectivity index (χ0) is 13.5. The van der Waals surface area contributed by atoms with E-state index in [9.17, 15) is 10.1 Å². The van der Waals surface area contributed by atoms with Gasteiger partial charge in [-0.25, -0.2) is 4.98 Å². The van der Waals surface area contributed by atoms with E-state index < -0.39 is 0 Å². The molecule has 0 saturated heterocycles. The molecule has 7 heteroatoms. The quantitative estimate of drug-likeness (QED) is 0.351. The third-order valence-electron chi connectivity index (χ3n) is 2.68. The first-order chi connectivity index (χ1) is 8.52. The molecule has 0 aliphatic carbocycles. The fraction of sp³-hybridized carbons (Fsp3) is 0.545. The minimum absolute atomic E-state index is 0.134. The lowest BCUT2D eigenvalue weighted by Crippen LogP contribution is -2.47. The van der Waals surface area contributed by atoms with E-state index in [4.69, 9.17) is 11.6 Å². The van der Waals surface area contributed by atoms with E-state index in [2.05, 4.69) is 10.3 Å². The molecule has 1 aromatic rings. The molecular formula is C11H17ClN4O2. The molecule has 0 aromatic carbocycles. The summed E-state index contributed by atoms with van der Waals surface area (Å²) in [5.74, 6) is 0. The van der Waals surface area contributed by atoms with Gasteiger partial charge in [0.15, 0.2) is 0 Å². The van der Waals surface area contributed by atoms with Crippen molar-refractivity contribution in [3.8, 4) is 0 Å². The maximum Gasteiger partial charge on any atom is 0.232 e. The highest BCUT2D eigenvalue weighted by atomic mass is 35.5. The molecule has 1 N–H and O–H groups in total. The summed E-state index contributed by atoms with van der Waals surface area (Å²) >= 11 is 5.69. The largest absolute Gasteiger partial charge is 0.292 e. The summed E-state index contributed by atoms with van der Waals surface area (Å²) in [6.45, 7) is 3.08. The predicted molar refractivity (Wildman–Crippen MR) is 70.0 cm³/mol. The van der Waals surface area contributed by atoms with Crippen LogP contribution in [0.1, 0.15) is 12.5 Å². The van der Waals surface area contributed by atoms with E-state index in [1.807, 2.05) is 24.9 Å². The Morgan fingerprint density at radius 3 is 2.83 bits per heavy atom. The van der Waals surface area contributed by atoms with Crippen LogP contribution in [0.15, 0.2) is 18.3 Å². The van der Waals surface area contributed by atoms with Crippen LogP contribution in [0.2, 0.25) is 5.15 Å². The topological polar surface area (TPSA) is 71.3 Å². The summed E-state index contributed by atoms with van der Waals surface area (Å²) in [5.41, 5.74) is 0.942. The normalized spacial score (nSPS) is 12.7. The SMILES string of the molecule is CCN(C)C(C[N+](=O)[O-])NCc1ccc(Cl)nc1. The Morgan fingerprint density at radius 1 is 1.61 bits per heavy atom. The molecule has 0 aliphatic heterocycles. The number of likely N-dealkylation sites (N-methyl/N-ethyl adjacent to an activating group) is 1. The summed E-state index contributed by atoms with van der Waals surface area (Å²) in [5, 5.41) is 14.2. The Kier molecular flexibility index (Phi) is 5.97. The second-order valence-corrected chi connectivity index (χ2v) is 4.36. The predicted octanol–water partition coefficient (Wildman–Crippen LogP) is 1.38. The molecular weight excluding hydrogens is 256 g/mol. The number of nitrogens with one attached hydrogen (secondary N) is 1. The molecule has 0 amide bonds. The number of hydrogen-bond donors (Lipinski definition) is 1. The summed E-state index contributed by atoms with van der Waals surface area (Å²) in [6, 6.07) is 3.54. The van der Waals surface area contributed by atoms with Gasteiger partial charge in [-0.05, 0) is 25.2 Å².